The summed E-state index contributed by atoms with van der Waals surface area (Å²) in [5.74, 6) is 0. The smallest absolute Gasteiger partial charge is 0.359 e. The number of aromatic nitrogens is 3. The summed E-state index contributed by atoms with van der Waals surface area (Å²) in [6.45, 7) is 0. The number of nitrogens with zero attached hydrogens (tertiary/aromatic N) is 1. The summed E-state index contributed by atoms with van der Waals surface area (Å²) in [6.07, 6.45) is 0. The molecule has 1 aromatic rings. The molecule has 0 amide bonds. The van der Waals surface area contributed by atoms with Crippen LogP contribution in [0.4, 0.5) is 0 Å². The molecule has 0 unspecified atom stereocenters. The van der Waals surface area contributed by atoms with Gasteiger partial charge < -0.3 is 13.3 Å². The molecule has 0 aliphatic heterocycles. The summed E-state index contributed by atoms with van der Waals surface area (Å²) in [5.41, 5.74) is -2.81. The molecule has 0 saturated heterocycles. The van der Waals surface area contributed by atoms with Gasteiger partial charge in [-0.15, -0.1) is 0 Å². The van der Waals surface area contributed by atoms with E-state index in [0.29, 0.717) is 4.23 Å². The van der Waals surface area contributed by atoms with Crippen molar-refractivity contribution >= 4 is 8.97 Å². The lowest BCUT2D eigenvalue weighted by Gasteiger charge is -2.23. The average Bonchev–Trinajstić information content (AvgIpc) is 2.23. The molecule has 1 rings (SSSR count). The van der Waals surface area contributed by atoms with Gasteiger partial charge in [-0.3, -0.25) is 9.97 Å². The second-order valence-electron chi connectivity index (χ2n) is 2.66. The third-order valence-corrected chi connectivity index (χ3v) is 4.40. The Balaban J connectivity index is 3.60. The highest BCUT2D eigenvalue weighted by molar-refractivity contribution is 6.58. The summed E-state index contributed by atoms with van der Waals surface area (Å²) in [6, 6.07) is 0. The van der Waals surface area contributed by atoms with Gasteiger partial charge in [-0.25, -0.2) is 18.6 Å². The Bertz CT molecular complexity index is 484. The fourth-order valence-corrected chi connectivity index (χ4v) is 2.86. The van der Waals surface area contributed by atoms with Crippen molar-refractivity contribution in [3.63, 3.8) is 0 Å². The van der Waals surface area contributed by atoms with Crippen molar-refractivity contribution in [3.8, 4) is 0 Å². The molecule has 0 aromatic carbocycles. The fourth-order valence-electron chi connectivity index (χ4n) is 1.20. The van der Waals surface area contributed by atoms with Crippen LogP contribution in [0.5, 0.6) is 0 Å². The van der Waals surface area contributed by atoms with E-state index in [1.165, 1.54) is 21.3 Å². The molecule has 1 heterocycles. The first-order valence-electron chi connectivity index (χ1n) is 4.12. The average molecular weight is 249 g/mol. The number of nitrogens with one attached hydrogen (secondary N) is 2. The van der Waals surface area contributed by atoms with E-state index in [9.17, 15) is 14.4 Å². The van der Waals surface area contributed by atoms with Gasteiger partial charge in [-0.1, -0.05) is 0 Å². The minimum absolute atomic E-state index is 0.592. The number of H-pyrrole nitrogens is 2. The third kappa shape index (κ3) is 1.90. The highest BCUT2D eigenvalue weighted by Gasteiger charge is 2.45. The minimum Gasteiger partial charge on any atom is -0.359 e. The van der Waals surface area contributed by atoms with Gasteiger partial charge >= 0.3 is 26.0 Å². The Hall–Kier alpha value is -1.49. The van der Waals surface area contributed by atoms with Crippen molar-refractivity contribution < 1.29 is 13.3 Å². The molecule has 90 valence electrons. The van der Waals surface area contributed by atoms with Crippen LogP contribution in [-0.4, -0.2) is 44.5 Å². The summed E-state index contributed by atoms with van der Waals surface area (Å²) in [7, 11) is 0.0818. The van der Waals surface area contributed by atoms with Gasteiger partial charge in [0.25, 0.3) is 0 Å². The second kappa shape index (κ2) is 4.57. The van der Waals surface area contributed by atoms with E-state index in [-0.39, 0.29) is 0 Å². The summed E-state index contributed by atoms with van der Waals surface area (Å²) in [5, 5.41) is 0. The lowest BCUT2D eigenvalue weighted by Crippen LogP contribution is -2.63. The van der Waals surface area contributed by atoms with Crippen molar-refractivity contribution in [3.05, 3.63) is 31.5 Å². The van der Waals surface area contributed by atoms with Gasteiger partial charge in [0, 0.05) is 21.3 Å². The molecule has 10 heteroatoms. The second-order valence-corrected chi connectivity index (χ2v) is 5.38. The van der Waals surface area contributed by atoms with Crippen LogP contribution in [0.1, 0.15) is 0 Å². The van der Waals surface area contributed by atoms with Crippen molar-refractivity contribution in [2.75, 3.05) is 21.3 Å². The first-order chi connectivity index (χ1) is 7.50. The molecule has 16 heavy (non-hydrogen) atoms. The third-order valence-electron chi connectivity index (χ3n) is 1.89. The van der Waals surface area contributed by atoms with Gasteiger partial charge in [0.15, 0.2) is 0 Å². The maximum atomic E-state index is 11.5. The van der Waals surface area contributed by atoms with Crippen LogP contribution in [0, 0.1) is 0 Å². The van der Waals surface area contributed by atoms with Crippen molar-refractivity contribution in [2.45, 2.75) is 0 Å². The van der Waals surface area contributed by atoms with Gasteiger partial charge in [0.2, 0.25) is 0 Å². The van der Waals surface area contributed by atoms with Crippen molar-refractivity contribution in [1.82, 2.24) is 14.2 Å². The molecular formula is C6H11N3O6Si. The molecule has 0 atom stereocenters. The largest absolute Gasteiger partial charge is 0.645 e. The Kier molecular flexibility index (Phi) is 3.59. The molecular weight excluding hydrogens is 238 g/mol. The molecule has 2 N–H and O–H groups in total. The molecule has 0 bridgehead atoms. The zero-order chi connectivity index (χ0) is 12.3. The predicted octanol–water partition coefficient (Wildman–Crippen LogP) is -2.55. The van der Waals surface area contributed by atoms with E-state index in [1.807, 2.05) is 9.97 Å². The molecule has 0 aliphatic carbocycles. The van der Waals surface area contributed by atoms with E-state index in [0.717, 1.165) is 0 Å². The maximum absolute atomic E-state index is 11.5. The van der Waals surface area contributed by atoms with Crippen LogP contribution in [0.2, 0.25) is 0 Å². The van der Waals surface area contributed by atoms with Crippen LogP contribution < -0.4 is 17.1 Å². The lowest BCUT2D eigenvalue weighted by atomic mass is 11.0. The highest BCUT2D eigenvalue weighted by atomic mass is 28.4. The highest BCUT2D eigenvalue weighted by Crippen LogP contribution is 2.03. The van der Waals surface area contributed by atoms with Crippen LogP contribution in [0.25, 0.3) is 0 Å². The van der Waals surface area contributed by atoms with Gasteiger partial charge in [0.1, 0.15) is 0 Å². The summed E-state index contributed by atoms with van der Waals surface area (Å²) >= 11 is 0. The monoisotopic (exact) mass is 249 g/mol. The molecule has 0 spiro atoms. The van der Waals surface area contributed by atoms with Crippen LogP contribution >= 0.6 is 0 Å². The SMILES string of the molecule is CO[Si](OC)(OC)n1c(=O)[nH]c(=O)[nH]c1=O. The van der Waals surface area contributed by atoms with Crippen LogP contribution in [-0.2, 0) is 13.3 Å². The first-order valence-corrected chi connectivity index (χ1v) is 5.79. The predicted molar refractivity (Wildman–Crippen MR) is 54.1 cm³/mol. The standard InChI is InChI=1S/C6H11N3O6Si/c1-13-16(14-2,15-3)9-5(11)7-4(10)8-6(9)12/h1-3H3,(H2,7,8,10,11,12). The first kappa shape index (κ1) is 12.6. The lowest BCUT2D eigenvalue weighted by molar-refractivity contribution is 0.109. The summed E-state index contributed by atoms with van der Waals surface area (Å²) < 4.78 is 15.4. The zero-order valence-electron chi connectivity index (χ0n) is 8.90. The van der Waals surface area contributed by atoms with Crippen molar-refractivity contribution in [1.29, 1.82) is 0 Å². The van der Waals surface area contributed by atoms with E-state index >= 15 is 0 Å². The number of aromatic amines is 2. The Morgan fingerprint density at radius 3 is 1.62 bits per heavy atom. The molecule has 9 nitrogen and oxygen atoms in total. The molecule has 0 radical (unpaired) electrons. The number of hydrogen-bond acceptors (Lipinski definition) is 6. The fraction of sp³-hybridized carbons (Fsp3) is 0.500. The normalized spacial score (nSPS) is 11.7. The van der Waals surface area contributed by atoms with E-state index in [2.05, 4.69) is 0 Å². The quantitative estimate of drug-likeness (QED) is 0.567. The summed E-state index contributed by atoms with van der Waals surface area (Å²) in [4.78, 5) is 37.5. The Morgan fingerprint density at radius 1 is 0.938 bits per heavy atom. The molecule has 0 aliphatic rings. The minimum atomic E-state index is -3.62. The van der Waals surface area contributed by atoms with E-state index < -0.39 is 26.0 Å². The van der Waals surface area contributed by atoms with E-state index in [4.69, 9.17) is 13.3 Å². The molecule has 1 aromatic heterocycles. The van der Waals surface area contributed by atoms with Gasteiger partial charge in [-0.2, -0.15) is 0 Å². The van der Waals surface area contributed by atoms with Crippen LogP contribution in [0.3, 0.4) is 0 Å². The molecule has 0 saturated carbocycles. The Labute approximate surface area is 90.1 Å². The van der Waals surface area contributed by atoms with E-state index in [1.54, 1.807) is 0 Å². The zero-order valence-corrected chi connectivity index (χ0v) is 9.90. The van der Waals surface area contributed by atoms with Gasteiger partial charge in [-0.05, 0) is 0 Å². The van der Waals surface area contributed by atoms with Gasteiger partial charge in [0.05, 0.1) is 0 Å². The maximum Gasteiger partial charge on any atom is 0.645 e. The van der Waals surface area contributed by atoms with Crippen LogP contribution in [0.15, 0.2) is 14.4 Å². The number of rotatable bonds is 4. The van der Waals surface area contributed by atoms with Crippen molar-refractivity contribution in [2.24, 2.45) is 0 Å². The Morgan fingerprint density at radius 2 is 1.31 bits per heavy atom. The molecule has 0 fully saturated rings. The topological polar surface area (TPSA) is 115 Å². The number of hydrogen-bond donors (Lipinski definition) is 2.